The van der Waals surface area contributed by atoms with E-state index in [0.29, 0.717) is 74.8 Å². The van der Waals surface area contributed by atoms with Crippen LogP contribution in [0.1, 0.15) is 95.8 Å². The zero-order chi connectivity index (χ0) is 65.3. The molecule has 490 valence electrons. The van der Waals surface area contributed by atoms with E-state index in [2.05, 4.69) is 58.9 Å². The Hall–Kier alpha value is -7.01. The highest BCUT2D eigenvalue weighted by Crippen LogP contribution is 2.40. The number of nitrogens with two attached hydrogens (primary N) is 2. The summed E-state index contributed by atoms with van der Waals surface area (Å²) >= 11 is 0. The summed E-state index contributed by atoms with van der Waals surface area (Å²) in [6, 6.07) is 28.0. The Bertz CT molecular complexity index is 3240. The van der Waals surface area contributed by atoms with Gasteiger partial charge in [0.15, 0.2) is 0 Å². The number of carbonyl (C=O) groups is 4. The van der Waals surface area contributed by atoms with Gasteiger partial charge in [-0.3, -0.25) is 33.5 Å². The van der Waals surface area contributed by atoms with Crippen molar-refractivity contribution in [3.8, 4) is 12.0 Å². The smallest absolute Gasteiger partial charge is 0.410 e. The molecule has 6 aromatic rings. The summed E-state index contributed by atoms with van der Waals surface area (Å²) in [4.78, 5) is 87.0. The summed E-state index contributed by atoms with van der Waals surface area (Å²) in [6.45, 7) is 17.6. The van der Waals surface area contributed by atoms with Crippen molar-refractivity contribution in [2.24, 2.45) is 0 Å². The maximum absolute atomic E-state index is 12.8. The zero-order valence-corrected chi connectivity index (χ0v) is 55.4. The lowest BCUT2D eigenvalue weighted by molar-refractivity contribution is -0.142. The molecule has 2 fully saturated rings. The molecule has 3 amide bonds. The fraction of sp³-hybridized carbons (Fsp3) is 0.469. The van der Waals surface area contributed by atoms with E-state index in [1.54, 1.807) is 70.3 Å². The Morgan fingerprint density at radius 2 is 1.02 bits per heavy atom. The third-order valence-electron chi connectivity index (χ3n) is 14.7. The number of anilines is 4. The minimum absolute atomic E-state index is 0.00740. The lowest BCUT2D eigenvalue weighted by Gasteiger charge is -2.34. The third-order valence-corrected chi connectivity index (χ3v) is 19.5. The van der Waals surface area contributed by atoms with Crippen LogP contribution in [0.25, 0.3) is 0 Å². The van der Waals surface area contributed by atoms with Gasteiger partial charge in [0, 0.05) is 117 Å². The van der Waals surface area contributed by atoms with Crippen LogP contribution < -0.4 is 36.1 Å². The average Bonchev–Trinajstić information content (AvgIpc) is 1.85. The van der Waals surface area contributed by atoms with E-state index in [1.165, 1.54) is 6.92 Å². The number of esters is 1. The molecule has 4 aromatic heterocycles. The number of nitrogen functional groups attached to an aromatic ring is 2. The molecule has 10 rings (SSSR count). The maximum Gasteiger partial charge on any atom is 0.410 e. The van der Waals surface area contributed by atoms with Gasteiger partial charge in [0.05, 0.1) is 34.6 Å². The SMILES string of the molecule is CC(=O)OCc1ccccc1SSc1ccccn1.CCCCOc1nc(N)c2c(n1)N(CCCCN1CCN(C(=O)OCc3ccccc3SSc3ccccn3)CC1)C(=O)C2.CCCCOc1nc(N)c2c(n1)N(CCCCN1CCNCC1)C(=O)C2.[2H]CF. The molecule has 91 heavy (non-hydrogen) atoms. The normalized spacial score (nSPS) is 14.6. The van der Waals surface area contributed by atoms with E-state index in [4.69, 9.17) is 31.8 Å². The van der Waals surface area contributed by atoms with E-state index in [9.17, 15) is 23.6 Å². The number of piperazine rings is 2. The Kier molecular flexibility index (Phi) is 30.3. The number of hydrogen-bond donors (Lipinski definition) is 3. The molecule has 0 radical (unpaired) electrons. The monoisotopic (exact) mass is 1330 g/mol. The van der Waals surface area contributed by atoms with Gasteiger partial charge in [0.2, 0.25) is 11.8 Å². The molecule has 22 nitrogen and oxygen atoms in total. The first-order valence-corrected chi connectivity index (χ1v) is 35.1. The van der Waals surface area contributed by atoms with Crippen molar-refractivity contribution in [1.82, 2.24) is 49.9 Å². The van der Waals surface area contributed by atoms with Crippen LogP contribution in [0.5, 0.6) is 12.0 Å². The molecule has 5 N–H and O–H groups in total. The van der Waals surface area contributed by atoms with Crippen LogP contribution in [0.2, 0.25) is 0 Å². The third kappa shape index (κ3) is 23.3. The van der Waals surface area contributed by atoms with E-state index in [1.807, 2.05) is 84.9 Å². The summed E-state index contributed by atoms with van der Waals surface area (Å²) in [5, 5.41) is 5.25. The van der Waals surface area contributed by atoms with Gasteiger partial charge in [0.1, 0.15) is 46.5 Å². The lowest BCUT2D eigenvalue weighted by Crippen LogP contribution is -2.49. The second-order valence-electron chi connectivity index (χ2n) is 21.3. The molecule has 0 bridgehead atoms. The van der Waals surface area contributed by atoms with Gasteiger partial charge in [0.25, 0.3) is 0 Å². The van der Waals surface area contributed by atoms with Gasteiger partial charge >= 0.3 is 24.1 Å². The summed E-state index contributed by atoms with van der Waals surface area (Å²) in [5.74, 6) is 1.66. The van der Waals surface area contributed by atoms with Crippen LogP contribution in [0.4, 0.5) is 32.5 Å². The van der Waals surface area contributed by atoms with Crippen molar-refractivity contribution in [3.63, 3.8) is 0 Å². The number of halogens is 1. The van der Waals surface area contributed by atoms with Gasteiger partial charge in [-0.05, 0) is 110 Å². The first-order valence-electron chi connectivity index (χ1n) is 31.5. The quantitative estimate of drug-likeness (QED) is 0.0234. The van der Waals surface area contributed by atoms with Crippen LogP contribution in [0, 0.1) is 0 Å². The summed E-state index contributed by atoms with van der Waals surface area (Å²) in [5.41, 5.74) is 15.5. The average molecular weight is 1330 g/mol. The number of fused-ring (bicyclic) bond motifs is 2. The zero-order valence-electron chi connectivity index (χ0n) is 53.2. The number of nitrogens with zero attached hydrogens (tertiary/aromatic N) is 11. The van der Waals surface area contributed by atoms with Crippen molar-refractivity contribution in [2.45, 2.75) is 118 Å². The molecule has 4 aliphatic heterocycles. The molecule has 0 saturated carbocycles. The van der Waals surface area contributed by atoms with E-state index < -0.39 is 7.15 Å². The molecule has 4 aliphatic rings. The predicted octanol–water partition coefficient (Wildman–Crippen LogP) is 10.4. The number of rotatable bonds is 28. The molecule has 0 unspecified atom stereocenters. The highest BCUT2D eigenvalue weighted by atomic mass is 33.1. The van der Waals surface area contributed by atoms with Crippen LogP contribution in [-0.2, 0) is 49.9 Å². The van der Waals surface area contributed by atoms with Gasteiger partial charge in [-0.2, -0.15) is 19.9 Å². The number of carbonyl (C=O) groups excluding carboxylic acids is 4. The van der Waals surface area contributed by atoms with Crippen LogP contribution >= 0.6 is 43.2 Å². The van der Waals surface area contributed by atoms with Crippen molar-refractivity contribution < 1.29 is 43.9 Å². The van der Waals surface area contributed by atoms with Gasteiger partial charge in [-0.15, -0.1) is 0 Å². The number of unbranched alkanes of at least 4 members (excludes halogenated alkanes) is 4. The summed E-state index contributed by atoms with van der Waals surface area (Å²) < 4.78 is 37.5. The maximum atomic E-state index is 12.8. The Labute approximate surface area is 550 Å². The van der Waals surface area contributed by atoms with Crippen LogP contribution in [0.15, 0.2) is 117 Å². The van der Waals surface area contributed by atoms with Crippen molar-refractivity contribution in [3.05, 3.63) is 120 Å². The highest BCUT2D eigenvalue weighted by Gasteiger charge is 2.34. The van der Waals surface area contributed by atoms with E-state index in [0.717, 1.165) is 140 Å². The summed E-state index contributed by atoms with van der Waals surface area (Å²) in [6.07, 6.45) is 11.4. The molecular weight excluding hydrogens is 1240 g/mol. The number of benzene rings is 2. The first kappa shape index (κ1) is 69.9. The number of aromatic nitrogens is 6. The molecular formula is C64H85FN14O8S4. The fourth-order valence-electron chi connectivity index (χ4n) is 9.74. The van der Waals surface area contributed by atoms with Crippen molar-refractivity contribution >= 4 is 90.3 Å². The largest absolute Gasteiger partial charge is 0.463 e. The minimum Gasteiger partial charge on any atom is -0.463 e. The van der Waals surface area contributed by atoms with Gasteiger partial charge in [-0.1, -0.05) is 96.8 Å². The number of nitrogens with one attached hydrogen (secondary N) is 1. The van der Waals surface area contributed by atoms with Gasteiger partial charge in [-0.25, -0.2) is 14.8 Å². The molecule has 2 saturated heterocycles. The number of alkyl halides is 1. The number of hydrogen-bond acceptors (Lipinski definition) is 23. The topological polar surface area (TPSA) is 263 Å². The number of amides is 3. The van der Waals surface area contributed by atoms with E-state index >= 15 is 0 Å². The van der Waals surface area contributed by atoms with Crippen LogP contribution in [0.3, 0.4) is 0 Å². The lowest BCUT2D eigenvalue weighted by atomic mass is 10.2. The number of ether oxygens (including phenoxy) is 4. The molecule has 0 spiro atoms. The molecule has 8 heterocycles. The predicted molar refractivity (Wildman–Crippen MR) is 359 cm³/mol. The molecule has 27 heteroatoms. The summed E-state index contributed by atoms with van der Waals surface area (Å²) in [7, 11) is 5.39. The first-order chi connectivity index (χ1) is 44.9. The van der Waals surface area contributed by atoms with E-state index in [-0.39, 0.29) is 55.3 Å². The van der Waals surface area contributed by atoms with Gasteiger partial charge < -0.3 is 45.5 Å². The second-order valence-corrected chi connectivity index (χ2v) is 25.7. The highest BCUT2D eigenvalue weighted by molar-refractivity contribution is 8.77. The second kappa shape index (κ2) is 39.4. The molecule has 0 aliphatic carbocycles. The Morgan fingerprint density at radius 1 is 0.582 bits per heavy atom. The minimum atomic E-state index is -1.00. The number of pyridine rings is 2. The van der Waals surface area contributed by atoms with Crippen molar-refractivity contribution in [2.75, 3.05) is 120 Å². The Morgan fingerprint density at radius 3 is 1.47 bits per heavy atom. The van der Waals surface area contributed by atoms with Crippen LogP contribution in [-0.4, -0.2) is 167 Å². The Balaban J connectivity index is 0.000000211. The standard InChI is InChI=1S/C31H39N7O4S2.C18H30N6O2.C14H13NO2S2.CH3F/c1-2-3-20-41-30-34-28(32)24-21-27(39)38(29(24)35-30)15-9-8-14-36-16-18-37(19-17-36)31(40)42-22-23-10-4-5-11-25(23)43-44-26-12-6-7-13-33-26;1-2-3-12-26-18-21-16(19)14-13-15(25)24(17(14)22-18)9-5-4-8-23-10-6-20-7-11-23;1-11(16)17-10-12-6-2-3-7-13(12)18-19-14-8-4-5-9-15-14;1-2/h4-7,10-13H,2-3,8-9,14-22H2,1H3,(H2,32,34,35);20H,2-13H2,1H3,(H2,19,21,22);2-9H,10H2,1H3;1H3/i;;;1D. The fourth-order valence-corrected chi connectivity index (χ4v) is 13.9. The van der Waals surface area contributed by atoms with Crippen molar-refractivity contribution in [1.29, 1.82) is 0 Å². The molecule has 2 aromatic carbocycles. The molecule has 0 atom stereocenters.